The van der Waals surface area contributed by atoms with Gasteiger partial charge in [-0.25, -0.2) is 4.99 Å². The number of hydrogen-bond donors (Lipinski definition) is 0. The quantitative estimate of drug-likeness (QED) is 0.450. The van der Waals surface area contributed by atoms with Crippen molar-refractivity contribution in [1.29, 1.82) is 0 Å². The van der Waals surface area contributed by atoms with Crippen LogP contribution in [-0.4, -0.2) is 32.2 Å². The summed E-state index contributed by atoms with van der Waals surface area (Å²) in [4.78, 5) is 15.9. The van der Waals surface area contributed by atoms with Gasteiger partial charge in [0.05, 0.1) is 30.5 Å². The van der Waals surface area contributed by atoms with Crippen LogP contribution in [0.5, 0.6) is 5.75 Å². The first-order chi connectivity index (χ1) is 9.62. The van der Waals surface area contributed by atoms with Gasteiger partial charge in [0.15, 0.2) is 5.90 Å². The number of carbonyl (C=O) groups is 1. The molecule has 0 spiro atoms. The molecule has 0 N–H and O–H groups in total. The molecule has 5 nitrogen and oxygen atoms in total. The van der Waals surface area contributed by atoms with E-state index < -0.39 is 0 Å². The van der Waals surface area contributed by atoms with Crippen LogP contribution in [0, 0.1) is 0 Å². The summed E-state index contributed by atoms with van der Waals surface area (Å²) in [5.41, 5.74) is 0.636. The lowest BCUT2D eigenvalue weighted by Gasteiger charge is -2.09. The highest BCUT2D eigenvalue weighted by molar-refractivity contribution is 9.10. The Morgan fingerprint density at radius 2 is 1.95 bits per heavy atom. The largest absolute Gasteiger partial charge is 0.495 e. The number of esters is 1. The van der Waals surface area contributed by atoms with Gasteiger partial charge in [-0.1, -0.05) is 6.07 Å². The number of carbonyl (C=O) groups excluding carboxylic acids is 1. The number of methoxy groups -OCH3 is 1. The second-order valence-electron chi connectivity index (χ2n) is 3.71. The summed E-state index contributed by atoms with van der Waals surface area (Å²) in [6, 6.07) is 5.43. The lowest BCUT2D eigenvalue weighted by atomic mass is 10.3. The number of hydrogen-bond acceptors (Lipinski definition) is 5. The summed E-state index contributed by atoms with van der Waals surface area (Å²) in [5.74, 6) is 0.622. The van der Waals surface area contributed by atoms with E-state index in [0.717, 1.165) is 0 Å². The van der Waals surface area contributed by atoms with Gasteiger partial charge in [0.25, 0.3) is 0 Å². The van der Waals surface area contributed by atoms with Crippen LogP contribution in [-0.2, 0) is 14.3 Å². The molecule has 0 aromatic heterocycles. The lowest BCUT2D eigenvalue weighted by molar-refractivity contribution is -0.141. The average Bonchev–Trinajstić information content (AvgIpc) is 2.41. The second kappa shape index (κ2) is 8.58. The van der Waals surface area contributed by atoms with Crippen molar-refractivity contribution in [2.75, 3.05) is 20.3 Å². The molecule has 0 atom stereocenters. The topological polar surface area (TPSA) is 57.1 Å². The number of aliphatic imine (C=N–C) groups is 1. The number of rotatable bonds is 6. The Hall–Kier alpha value is -1.56. The molecule has 0 amide bonds. The Labute approximate surface area is 127 Å². The van der Waals surface area contributed by atoms with E-state index in [0.29, 0.717) is 35.0 Å². The van der Waals surface area contributed by atoms with Gasteiger partial charge in [-0.2, -0.15) is 0 Å². The third-order valence-corrected chi connectivity index (χ3v) is 3.12. The third kappa shape index (κ3) is 4.85. The molecule has 0 unspecified atom stereocenters. The summed E-state index contributed by atoms with van der Waals surface area (Å²) < 4.78 is 16.2. The minimum atomic E-state index is -0.362. The van der Waals surface area contributed by atoms with Gasteiger partial charge in [0.2, 0.25) is 0 Å². The molecule has 20 heavy (non-hydrogen) atoms. The van der Waals surface area contributed by atoms with Gasteiger partial charge in [-0.05, 0) is 41.9 Å². The highest BCUT2D eigenvalue weighted by Crippen LogP contribution is 2.34. The van der Waals surface area contributed by atoms with Crippen LogP contribution in [0.25, 0.3) is 0 Å². The van der Waals surface area contributed by atoms with Crippen molar-refractivity contribution >= 4 is 33.5 Å². The molecule has 1 rings (SSSR count). The normalized spacial score (nSPS) is 11.1. The Morgan fingerprint density at radius 3 is 2.55 bits per heavy atom. The predicted molar refractivity (Wildman–Crippen MR) is 80.7 cm³/mol. The molecule has 6 heteroatoms. The van der Waals surface area contributed by atoms with Gasteiger partial charge < -0.3 is 14.2 Å². The summed E-state index contributed by atoms with van der Waals surface area (Å²) in [7, 11) is 1.58. The lowest BCUT2D eigenvalue weighted by Crippen LogP contribution is -2.14. The van der Waals surface area contributed by atoms with Crippen molar-refractivity contribution in [3.8, 4) is 5.75 Å². The number of ether oxygens (including phenoxy) is 3. The van der Waals surface area contributed by atoms with Crippen LogP contribution in [0.1, 0.15) is 20.3 Å². The molecule has 0 saturated carbocycles. The Bertz CT molecular complexity index is 488. The molecular weight excluding hydrogens is 326 g/mol. The fourth-order valence-corrected chi connectivity index (χ4v) is 2.02. The number of halogens is 1. The molecule has 0 heterocycles. The Kier molecular flexibility index (Phi) is 7.08. The van der Waals surface area contributed by atoms with Crippen LogP contribution < -0.4 is 4.74 Å². The SMILES string of the molecule is CCOC(=O)C/C(=N/c1cccc(OC)c1Br)OCC. The van der Waals surface area contributed by atoms with E-state index in [1.807, 2.05) is 19.1 Å². The molecule has 0 aliphatic heterocycles. The molecule has 110 valence electrons. The summed E-state index contributed by atoms with van der Waals surface area (Å²) in [5, 5.41) is 0. The van der Waals surface area contributed by atoms with Crippen LogP contribution in [0.3, 0.4) is 0 Å². The van der Waals surface area contributed by atoms with Crippen LogP contribution in [0.2, 0.25) is 0 Å². The highest BCUT2D eigenvalue weighted by Gasteiger charge is 2.12. The minimum absolute atomic E-state index is 0.00529. The highest BCUT2D eigenvalue weighted by atomic mass is 79.9. The van der Waals surface area contributed by atoms with Crippen molar-refractivity contribution in [3.05, 3.63) is 22.7 Å². The fourth-order valence-electron chi connectivity index (χ4n) is 1.50. The molecule has 0 fully saturated rings. The first-order valence-electron chi connectivity index (χ1n) is 6.30. The van der Waals surface area contributed by atoms with Crippen LogP contribution in [0.15, 0.2) is 27.7 Å². The zero-order valence-electron chi connectivity index (χ0n) is 11.8. The standard InChI is InChI=1S/C14H18BrNO4/c1-4-19-12(9-13(17)20-5-2)16-10-7-6-8-11(18-3)14(10)15/h6-8H,4-5,9H2,1-3H3/b16-12-. The fraction of sp³-hybridized carbons (Fsp3) is 0.429. The van der Waals surface area contributed by atoms with Crippen molar-refractivity contribution in [3.63, 3.8) is 0 Å². The summed E-state index contributed by atoms with van der Waals surface area (Å²) in [6.07, 6.45) is 0.00529. The molecule has 0 radical (unpaired) electrons. The maximum atomic E-state index is 11.5. The predicted octanol–water partition coefficient (Wildman–Crippen LogP) is 3.48. The van der Waals surface area contributed by atoms with E-state index in [1.54, 1.807) is 20.1 Å². The summed E-state index contributed by atoms with van der Waals surface area (Å²) in [6.45, 7) is 4.36. The van der Waals surface area contributed by atoms with Gasteiger partial charge in [-0.3, -0.25) is 4.79 Å². The van der Waals surface area contributed by atoms with E-state index in [1.165, 1.54) is 0 Å². The first kappa shape index (κ1) is 16.5. The molecule has 0 bridgehead atoms. The number of nitrogens with zero attached hydrogens (tertiary/aromatic N) is 1. The summed E-state index contributed by atoms with van der Waals surface area (Å²) >= 11 is 3.41. The van der Waals surface area contributed by atoms with E-state index >= 15 is 0 Å². The van der Waals surface area contributed by atoms with Gasteiger partial charge in [-0.15, -0.1) is 0 Å². The van der Waals surface area contributed by atoms with Crippen molar-refractivity contribution < 1.29 is 19.0 Å². The molecule has 1 aromatic rings. The van der Waals surface area contributed by atoms with Crippen LogP contribution in [0.4, 0.5) is 5.69 Å². The van der Waals surface area contributed by atoms with E-state index in [2.05, 4.69) is 20.9 Å². The van der Waals surface area contributed by atoms with Gasteiger partial charge in [0.1, 0.15) is 12.2 Å². The first-order valence-corrected chi connectivity index (χ1v) is 7.10. The second-order valence-corrected chi connectivity index (χ2v) is 4.51. The van der Waals surface area contributed by atoms with Crippen molar-refractivity contribution in [1.82, 2.24) is 0 Å². The maximum absolute atomic E-state index is 11.5. The Morgan fingerprint density at radius 1 is 1.25 bits per heavy atom. The molecular formula is C14H18BrNO4. The Balaban J connectivity index is 2.98. The maximum Gasteiger partial charge on any atom is 0.315 e. The molecule has 1 aromatic carbocycles. The van der Waals surface area contributed by atoms with Crippen molar-refractivity contribution in [2.45, 2.75) is 20.3 Å². The van der Waals surface area contributed by atoms with E-state index in [9.17, 15) is 4.79 Å². The zero-order chi connectivity index (χ0) is 15.0. The van der Waals surface area contributed by atoms with Crippen molar-refractivity contribution in [2.24, 2.45) is 4.99 Å². The average molecular weight is 344 g/mol. The van der Waals surface area contributed by atoms with Gasteiger partial charge in [0, 0.05) is 0 Å². The third-order valence-electron chi connectivity index (χ3n) is 2.32. The smallest absolute Gasteiger partial charge is 0.315 e. The zero-order valence-corrected chi connectivity index (χ0v) is 13.4. The number of benzene rings is 1. The molecule has 0 saturated heterocycles. The molecule has 0 aliphatic carbocycles. The monoisotopic (exact) mass is 343 g/mol. The van der Waals surface area contributed by atoms with E-state index in [-0.39, 0.29) is 12.4 Å². The minimum Gasteiger partial charge on any atom is -0.495 e. The van der Waals surface area contributed by atoms with E-state index in [4.69, 9.17) is 14.2 Å². The molecule has 0 aliphatic rings. The van der Waals surface area contributed by atoms with Crippen LogP contribution >= 0.6 is 15.9 Å². The van der Waals surface area contributed by atoms with Gasteiger partial charge >= 0.3 is 5.97 Å².